The molecular formula is C92H164NO8P. The highest BCUT2D eigenvalue weighted by Crippen LogP contribution is 2.38. The SMILES string of the molecule is CC/C=C\C/C=C\C/C=C\C/C=C\C/C=C\C/C=C\C/C=C\C/C=C\CCCCCCCCCCCCCCCCCCC(=O)OC(COC(=O)CCCCCCCCCCCCCCCCCCCCCCCCCCC/C=C\C/C=C\CCCCCCC)COP(=O)([O-])OCC[N+](C)(C)C. The average Bonchev–Trinajstić information content (AvgIpc) is 0.916. The van der Waals surface area contributed by atoms with Crippen LogP contribution in [0.15, 0.2) is 122 Å². The van der Waals surface area contributed by atoms with Gasteiger partial charge in [0.2, 0.25) is 0 Å². The normalized spacial score (nSPS) is 13.6. The fourth-order valence-corrected chi connectivity index (χ4v) is 13.1. The van der Waals surface area contributed by atoms with Crippen LogP contribution in [0.1, 0.15) is 399 Å². The van der Waals surface area contributed by atoms with E-state index < -0.39 is 26.5 Å². The number of allylic oxidation sites excluding steroid dienone is 20. The number of ether oxygens (including phenoxy) is 2. The van der Waals surface area contributed by atoms with Crippen LogP contribution in [0.5, 0.6) is 0 Å². The first-order chi connectivity index (χ1) is 50.0. The summed E-state index contributed by atoms with van der Waals surface area (Å²) in [4.78, 5) is 38.3. The number of nitrogens with zero attached hydrogens (tertiary/aromatic N) is 1. The van der Waals surface area contributed by atoms with Gasteiger partial charge >= 0.3 is 11.9 Å². The van der Waals surface area contributed by atoms with Crippen LogP contribution in [0.2, 0.25) is 0 Å². The Kier molecular flexibility index (Phi) is 78.6. The Hall–Kier alpha value is -3.59. The van der Waals surface area contributed by atoms with E-state index in [1.165, 1.54) is 270 Å². The second-order valence-electron chi connectivity index (χ2n) is 30.2. The molecule has 0 saturated carbocycles. The van der Waals surface area contributed by atoms with Crippen molar-refractivity contribution in [1.82, 2.24) is 0 Å². The summed E-state index contributed by atoms with van der Waals surface area (Å²) in [5, 5.41) is 0. The summed E-state index contributed by atoms with van der Waals surface area (Å²) in [7, 11) is 1.18. The summed E-state index contributed by atoms with van der Waals surface area (Å²) in [6.45, 7) is 4.17. The highest BCUT2D eigenvalue weighted by Gasteiger charge is 2.22. The molecule has 590 valence electrons. The number of phosphoric acid groups is 1. The monoisotopic (exact) mass is 1440 g/mol. The van der Waals surface area contributed by atoms with E-state index >= 15 is 0 Å². The molecule has 0 bridgehead atoms. The molecule has 9 nitrogen and oxygen atoms in total. The van der Waals surface area contributed by atoms with Crippen molar-refractivity contribution in [3.63, 3.8) is 0 Å². The Morgan fingerprint density at radius 1 is 0.314 bits per heavy atom. The summed E-state index contributed by atoms with van der Waals surface area (Å²) in [5.41, 5.74) is 0. The van der Waals surface area contributed by atoms with Crippen molar-refractivity contribution < 1.29 is 42.1 Å². The van der Waals surface area contributed by atoms with Crippen LogP contribution < -0.4 is 4.89 Å². The maximum atomic E-state index is 12.9. The lowest BCUT2D eigenvalue weighted by Gasteiger charge is -2.28. The second kappa shape index (κ2) is 81.5. The summed E-state index contributed by atoms with van der Waals surface area (Å²) in [5.74, 6) is -0.818. The third-order valence-corrected chi connectivity index (χ3v) is 19.9. The second-order valence-corrected chi connectivity index (χ2v) is 31.6. The standard InChI is InChI=1S/C92H164NO8P/c1-6-8-10-12-14-16-18-20-22-24-26-28-30-32-34-36-38-40-42-44-45-46-47-49-51-53-55-57-59-61-63-65-67-69-71-73-75-77-79-81-83-85-92(95)101-90(89-100-102(96,97)99-87-86-93(3,4)5)88-98-91(94)84-82-80-78-76-74-72-70-68-66-64-62-60-58-56-54-52-50-48-43-41-39-37-35-33-31-29-27-25-23-21-19-17-15-13-11-9-7-2/h8,10,14,16,19-22,25-28,32,34,38,40,44-45,47,49,90H,6-7,9,11-13,15,17-18,23-24,29-31,33,35-37,39,41-43,46,48,50-89H2,1-5H3/b10-8-,16-14-,21-19-,22-20-,27-25-,28-26-,34-32-,40-38-,45-44-,49-47-. The van der Waals surface area contributed by atoms with Gasteiger partial charge in [0, 0.05) is 12.8 Å². The van der Waals surface area contributed by atoms with E-state index in [4.69, 9.17) is 18.5 Å². The number of esters is 2. The van der Waals surface area contributed by atoms with Crippen LogP contribution in [0.4, 0.5) is 0 Å². The number of rotatable bonds is 80. The lowest BCUT2D eigenvalue weighted by atomic mass is 10.0. The lowest BCUT2D eigenvalue weighted by Crippen LogP contribution is -2.37. The molecule has 0 aromatic heterocycles. The molecule has 0 aromatic rings. The third-order valence-electron chi connectivity index (χ3n) is 19.0. The van der Waals surface area contributed by atoms with E-state index in [0.29, 0.717) is 17.4 Å². The minimum absolute atomic E-state index is 0.0320. The van der Waals surface area contributed by atoms with Gasteiger partial charge < -0.3 is 27.9 Å². The van der Waals surface area contributed by atoms with Crippen molar-refractivity contribution in [2.45, 2.75) is 405 Å². The van der Waals surface area contributed by atoms with Gasteiger partial charge in [-0.05, 0) is 109 Å². The number of hydrogen-bond donors (Lipinski definition) is 0. The molecule has 2 unspecified atom stereocenters. The fraction of sp³-hybridized carbons (Fsp3) is 0.761. The Bertz CT molecular complexity index is 2140. The third kappa shape index (κ3) is 85.3. The van der Waals surface area contributed by atoms with Crippen molar-refractivity contribution >= 4 is 19.8 Å². The number of unbranched alkanes of at least 4 members (excludes halogenated alkanes) is 46. The van der Waals surface area contributed by atoms with E-state index in [1.54, 1.807) is 0 Å². The van der Waals surface area contributed by atoms with Crippen molar-refractivity contribution in [2.24, 2.45) is 0 Å². The van der Waals surface area contributed by atoms with Gasteiger partial charge in [0.1, 0.15) is 19.8 Å². The van der Waals surface area contributed by atoms with Gasteiger partial charge in [0.25, 0.3) is 7.82 Å². The van der Waals surface area contributed by atoms with E-state index in [9.17, 15) is 19.0 Å². The van der Waals surface area contributed by atoms with Gasteiger partial charge in [0.15, 0.2) is 6.10 Å². The van der Waals surface area contributed by atoms with Crippen molar-refractivity contribution in [1.29, 1.82) is 0 Å². The largest absolute Gasteiger partial charge is 0.756 e. The molecule has 0 spiro atoms. The van der Waals surface area contributed by atoms with Gasteiger partial charge in [-0.2, -0.15) is 0 Å². The molecule has 0 saturated heterocycles. The minimum Gasteiger partial charge on any atom is -0.756 e. The summed E-state index contributed by atoms with van der Waals surface area (Å²) in [6.07, 6.45) is 118. The number of hydrogen-bond acceptors (Lipinski definition) is 8. The Balaban J connectivity index is 3.92. The molecular weight excluding hydrogens is 1280 g/mol. The number of quaternary nitrogens is 1. The molecule has 0 aliphatic heterocycles. The highest BCUT2D eigenvalue weighted by atomic mass is 31.2. The zero-order valence-corrected chi connectivity index (χ0v) is 68.4. The van der Waals surface area contributed by atoms with Gasteiger partial charge in [-0.25, -0.2) is 0 Å². The smallest absolute Gasteiger partial charge is 0.306 e. The first-order valence-electron chi connectivity index (χ1n) is 43.2. The minimum atomic E-state index is -4.65. The summed E-state index contributed by atoms with van der Waals surface area (Å²) in [6, 6.07) is 0. The average molecular weight is 1440 g/mol. The Morgan fingerprint density at radius 3 is 0.833 bits per heavy atom. The molecule has 2 atom stereocenters. The first kappa shape index (κ1) is 98.4. The number of phosphoric ester groups is 1. The van der Waals surface area contributed by atoms with E-state index in [-0.39, 0.29) is 32.0 Å². The lowest BCUT2D eigenvalue weighted by molar-refractivity contribution is -0.870. The summed E-state index contributed by atoms with van der Waals surface area (Å²) < 4.78 is 34.5. The fourth-order valence-electron chi connectivity index (χ4n) is 12.4. The quantitative estimate of drug-likeness (QED) is 0.0195. The van der Waals surface area contributed by atoms with Gasteiger partial charge in [0.05, 0.1) is 27.7 Å². The number of carbonyl (C=O) groups is 2. The Morgan fingerprint density at radius 2 is 0.559 bits per heavy atom. The van der Waals surface area contributed by atoms with E-state index in [2.05, 4.69) is 135 Å². The molecule has 0 heterocycles. The molecule has 0 aliphatic carbocycles. The maximum Gasteiger partial charge on any atom is 0.306 e. The van der Waals surface area contributed by atoms with Crippen molar-refractivity contribution in [3.05, 3.63) is 122 Å². The highest BCUT2D eigenvalue weighted by molar-refractivity contribution is 7.45. The van der Waals surface area contributed by atoms with Crippen LogP contribution in [0.25, 0.3) is 0 Å². The Labute approximate surface area is 632 Å². The van der Waals surface area contributed by atoms with Gasteiger partial charge in [-0.15, -0.1) is 0 Å². The zero-order chi connectivity index (χ0) is 74.0. The molecule has 0 N–H and O–H groups in total. The summed E-state index contributed by atoms with van der Waals surface area (Å²) >= 11 is 0. The maximum absolute atomic E-state index is 12.9. The van der Waals surface area contributed by atoms with Crippen LogP contribution >= 0.6 is 7.82 Å². The molecule has 0 rings (SSSR count). The first-order valence-corrected chi connectivity index (χ1v) is 44.7. The zero-order valence-electron chi connectivity index (χ0n) is 67.5. The van der Waals surface area contributed by atoms with Crippen LogP contribution in [0.3, 0.4) is 0 Å². The molecule has 0 fully saturated rings. The van der Waals surface area contributed by atoms with Crippen LogP contribution in [-0.2, 0) is 32.7 Å². The van der Waals surface area contributed by atoms with Gasteiger partial charge in [-0.1, -0.05) is 399 Å². The van der Waals surface area contributed by atoms with E-state index in [1.807, 2.05) is 21.1 Å². The predicted octanol–water partition coefficient (Wildman–Crippen LogP) is 28.7. The van der Waals surface area contributed by atoms with Crippen molar-refractivity contribution in [3.8, 4) is 0 Å². The van der Waals surface area contributed by atoms with Crippen molar-refractivity contribution in [2.75, 3.05) is 47.5 Å². The molecule has 102 heavy (non-hydrogen) atoms. The molecule has 0 aliphatic rings. The predicted molar refractivity (Wildman–Crippen MR) is 443 cm³/mol. The molecule has 0 amide bonds. The number of carbonyl (C=O) groups excluding carboxylic acids is 2. The van der Waals surface area contributed by atoms with Crippen LogP contribution in [0, 0.1) is 0 Å². The van der Waals surface area contributed by atoms with Crippen LogP contribution in [-0.4, -0.2) is 70.0 Å². The molecule has 0 radical (unpaired) electrons. The topological polar surface area (TPSA) is 111 Å². The molecule has 10 heteroatoms. The van der Waals surface area contributed by atoms with Gasteiger partial charge in [-0.3, -0.25) is 14.2 Å². The molecule has 0 aromatic carbocycles. The number of likely N-dealkylation sites (N-methyl/N-ethyl adjacent to an activating group) is 1. The van der Waals surface area contributed by atoms with E-state index in [0.717, 1.165) is 96.3 Å².